The van der Waals surface area contributed by atoms with Gasteiger partial charge in [-0.15, -0.1) is 0 Å². The molecule has 0 aliphatic heterocycles. The Balaban J connectivity index is 2.86. The van der Waals surface area contributed by atoms with Crippen LogP contribution < -0.4 is 5.32 Å². The van der Waals surface area contributed by atoms with Crippen molar-refractivity contribution in [2.24, 2.45) is 0 Å². The molecular formula is C12H15ClN2O5. The van der Waals surface area contributed by atoms with Gasteiger partial charge in [0, 0.05) is 25.3 Å². The molecule has 1 aromatic rings. The molecule has 0 fully saturated rings. The van der Waals surface area contributed by atoms with Gasteiger partial charge in [0.2, 0.25) is 0 Å². The lowest BCUT2D eigenvalue weighted by Crippen LogP contribution is -2.38. The zero-order valence-electron chi connectivity index (χ0n) is 10.8. The van der Waals surface area contributed by atoms with Gasteiger partial charge in [-0.1, -0.05) is 11.6 Å². The second kappa shape index (κ2) is 7.78. The molecule has 0 saturated heterocycles. The first-order valence-corrected chi connectivity index (χ1v) is 6.22. The summed E-state index contributed by atoms with van der Waals surface area (Å²) in [5.74, 6) is -0.486. The maximum absolute atomic E-state index is 12.0. The first kappa shape index (κ1) is 16.4. The monoisotopic (exact) mass is 302 g/mol. The van der Waals surface area contributed by atoms with Crippen LogP contribution in [0, 0.1) is 10.1 Å². The average Bonchev–Trinajstić information content (AvgIpc) is 2.39. The summed E-state index contributed by atoms with van der Waals surface area (Å²) in [4.78, 5) is 22.1. The van der Waals surface area contributed by atoms with E-state index in [4.69, 9.17) is 21.4 Å². The number of nitrogens with one attached hydrogen (secondary N) is 1. The normalized spacial score (nSPS) is 11.9. The van der Waals surface area contributed by atoms with Crippen molar-refractivity contribution in [2.45, 2.75) is 12.5 Å². The molecule has 1 amide bonds. The molecule has 0 radical (unpaired) electrons. The van der Waals surface area contributed by atoms with Crippen molar-refractivity contribution in [1.29, 1.82) is 0 Å². The van der Waals surface area contributed by atoms with Crippen molar-refractivity contribution in [3.8, 4) is 0 Å². The van der Waals surface area contributed by atoms with Gasteiger partial charge in [0.25, 0.3) is 11.6 Å². The van der Waals surface area contributed by atoms with Crippen molar-refractivity contribution in [3.63, 3.8) is 0 Å². The largest absolute Gasteiger partial charge is 0.396 e. The molecule has 20 heavy (non-hydrogen) atoms. The van der Waals surface area contributed by atoms with E-state index in [-0.39, 0.29) is 35.5 Å². The summed E-state index contributed by atoms with van der Waals surface area (Å²) in [5, 5.41) is 22.2. The smallest absolute Gasteiger partial charge is 0.288 e. The minimum absolute atomic E-state index is 0.0321. The van der Waals surface area contributed by atoms with Crippen molar-refractivity contribution in [2.75, 3.05) is 20.3 Å². The first-order chi connectivity index (χ1) is 9.49. The molecule has 8 heteroatoms. The van der Waals surface area contributed by atoms with Crippen LogP contribution in [0.2, 0.25) is 5.02 Å². The predicted octanol–water partition coefficient (Wildman–Crippen LogP) is 1.38. The summed E-state index contributed by atoms with van der Waals surface area (Å²) in [6.07, 6.45) is 0.329. The molecule has 0 aromatic heterocycles. The first-order valence-electron chi connectivity index (χ1n) is 5.84. The number of carbonyl (C=O) groups is 1. The number of halogens is 1. The second-order valence-corrected chi connectivity index (χ2v) is 4.47. The van der Waals surface area contributed by atoms with E-state index in [0.717, 1.165) is 6.07 Å². The molecule has 0 heterocycles. The van der Waals surface area contributed by atoms with Crippen molar-refractivity contribution in [3.05, 3.63) is 38.9 Å². The van der Waals surface area contributed by atoms with Crippen LogP contribution in [0.4, 0.5) is 5.69 Å². The summed E-state index contributed by atoms with van der Waals surface area (Å²) in [7, 11) is 1.48. The molecule has 1 aromatic carbocycles. The number of ether oxygens (including phenoxy) is 1. The van der Waals surface area contributed by atoms with E-state index in [9.17, 15) is 14.9 Å². The Kier molecular flexibility index (Phi) is 6.37. The van der Waals surface area contributed by atoms with Crippen molar-refractivity contribution < 1.29 is 19.6 Å². The number of aliphatic hydroxyl groups excluding tert-OH is 1. The lowest BCUT2D eigenvalue weighted by atomic mass is 10.1. The molecule has 1 rings (SSSR count). The van der Waals surface area contributed by atoms with Gasteiger partial charge in [-0.25, -0.2) is 0 Å². The Morgan fingerprint density at radius 1 is 1.60 bits per heavy atom. The Labute approximate surface area is 120 Å². The van der Waals surface area contributed by atoms with E-state index < -0.39 is 10.8 Å². The quantitative estimate of drug-likeness (QED) is 0.585. The maximum atomic E-state index is 12.0. The highest BCUT2D eigenvalue weighted by atomic mass is 35.5. The van der Waals surface area contributed by atoms with Gasteiger partial charge in [0.15, 0.2) is 0 Å². The lowest BCUT2D eigenvalue weighted by Gasteiger charge is -2.16. The third-order valence-electron chi connectivity index (χ3n) is 2.59. The number of methoxy groups -OCH3 is 1. The number of nitro benzene ring substituents is 1. The van der Waals surface area contributed by atoms with E-state index in [0.29, 0.717) is 6.42 Å². The van der Waals surface area contributed by atoms with Crippen LogP contribution in [0.3, 0.4) is 0 Å². The molecular weight excluding hydrogens is 288 g/mol. The minimum Gasteiger partial charge on any atom is -0.396 e. The Morgan fingerprint density at radius 3 is 2.85 bits per heavy atom. The van der Waals surface area contributed by atoms with Gasteiger partial charge in [-0.2, -0.15) is 0 Å². The van der Waals surface area contributed by atoms with E-state index in [1.807, 2.05) is 0 Å². The average molecular weight is 303 g/mol. The topological polar surface area (TPSA) is 102 Å². The fourth-order valence-electron chi connectivity index (χ4n) is 1.62. The number of nitrogens with zero attached hydrogens (tertiary/aromatic N) is 1. The Hall–Kier alpha value is -1.70. The highest BCUT2D eigenvalue weighted by Crippen LogP contribution is 2.25. The molecule has 1 atom stereocenters. The fraction of sp³-hybridized carbons (Fsp3) is 0.417. The van der Waals surface area contributed by atoms with Crippen LogP contribution in [0.5, 0.6) is 0 Å². The van der Waals surface area contributed by atoms with E-state index >= 15 is 0 Å². The molecule has 7 nitrogen and oxygen atoms in total. The molecule has 0 saturated carbocycles. The summed E-state index contributed by atoms with van der Waals surface area (Å²) in [6.45, 7) is 0.136. The van der Waals surface area contributed by atoms with Gasteiger partial charge in [-0.05, 0) is 18.6 Å². The zero-order valence-corrected chi connectivity index (χ0v) is 11.6. The number of amides is 1. The van der Waals surface area contributed by atoms with Crippen molar-refractivity contribution >= 4 is 23.2 Å². The molecule has 1 unspecified atom stereocenters. The molecule has 0 aliphatic rings. The second-order valence-electron chi connectivity index (χ2n) is 4.06. The van der Waals surface area contributed by atoms with Crippen LogP contribution in [-0.2, 0) is 4.74 Å². The van der Waals surface area contributed by atoms with Gasteiger partial charge in [-0.3, -0.25) is 14.9 Å². The Morgan fingerprint density at radius 2 is 2.30 bits per heavy atom. The van der Waals surface area contributed by atoms with Crippen LogP contribution in [-0.4, -0.2) is 42.3 Å². The molecule has 2 N–H and O–H groups in total. The van der Waals surface area contributed by atoms with Crippen LogP contribution in [0.25, 0.3) is 0 Å². The van der Waals surface area contributed by atoms with Crippen molar-refractivity contribution in [1.82, 2.24) is 5.32 Å². The van der Waals surface area contributed by atoms with E-state index in [1.54, 1.807) is 0 Å². The Bertz CT molecular complexity index is 489. The third-order valence-corrected chi connectivity index (χ3v) is 2.91. The van der Waals surface area contributed by atoms with Gasteiger partial charge in [0.05, 0.1) is 17.6 Å². The van der Waals surface area contributed by atoms with Crippen LogP contribution >= 0.6 is 11.6 Å². The van der Waals surface area contributed by atoms with Gasteiger partial charge in [0.1, 0.15) is 5.02 Å². The highest BCUT2D eigenvalue weighted by Gasteiger charge is 2.18. The minimum atomic E-state index is -0.653. The third kappa shape index (κ3) is 4.44. The molecule has 0 aliphatic carbocycles. The number of nitro groups is 1. The molecule has 110 valence electrons. The zero-order chi connectivity index (χ0) is 15.1. The summed E-state index contributed by atoms with van der Waals surface area (Å²) in [5.41, 5.74) is -0.204. The van der Waals surface area contributed by atoms with E-state index in [1.165, 1.54) is 19.2 Å². The van der Waals surface area contributed by atoms with Crippen LogP contribution in [0.15, 0.2) is 18.2 Å². The van der Waals surface area contributed by atoms with E-state index in [2.05, 4.69) is 5.32 Å². The SMILES string of the molecule is COCC(CCO)NC(=O)c1ccc(Cl)c([N+](=O)[O-])c1. The molecule has 0 bridgehead atoms. The summed E-state index contributed by atoms with van der Waals surface area (Å²) >= 11 is 5.67. The predicted molar refractivity (Wildman–Crippen MR) is 72.9 cm³/mol. The lowest BCUT2D eigenvalue weighted by molar-refractivity contribution is -0.384. The molecule has 0 spiro atoms. The number of rotatable bonds is 7. The number of aliphatic hydroxyl groups is 1. The standard InChI is InChI=1S/C12H15ClN2O5/c1-20-7-9(4-5-16)14-12(17)8-2-3-10(13)11(6-8)15(18)19/h2-3,6,9,16H,4-5,7H2,1H3,(H,14,17). The number of carbonyl (C=O) groups excluding carboxylic acids is 1. The van der Waals surface area contributed by atoms with Gasteiger partial charge >= 0.3 is 0 Å². The number of benzene rings is 1. The number of hydrogen-bond acceptors (Lipinski definition) is 5. The summed E-state index contributed by atoms with van der Waals surface area (Å²) in [6, 6.07) is 3.44. The van der Waals surface area contributed by atoms with Crippen LogP contribution in [0.1, 0.15) is 16.8 Å². The number of hydrogen-bond donors (Lipinski definition) is 2. The summed E-state index contributed by atoms with van der Waals surface area (Å²) < 4.78 is 4.92. The highest BCUT2D eigenvalue weighted by molar-refractivity contribution is 6.32. The fourth-order valence-corrected chi connectivity index (χ4v) is 1.80. The maximum Gasteiger partial charge on any atom is 0.288 e. The van der Waals surface area contributed by atoms with Gasteiger partial charge < -0.3 is 15.2 Å².